The Balaban J connectivity index is 0.00000161. The van der Waals surface area contributed by atoms with Crippen molar-refractivity contribution in [3.05, 3.63) is 71.9 Å². The Morgan fingerprint density at radius 3 is 2.48 bits per heavy atom. The third-order valence-electron chi connectivity index (χ3n) is 3.31. The van der Waals surface area contributed by atoms with Crippen LogP contribution in [0.3, 0.4) is 0 Å². The topological polar surface area (TPSA) is 33.1 Å². The zero-order chi connectivity index (χ0) is 13.9. The fourth-order valence-electron chi connectivity index (χ4n) is 2.20. The zero-order valence-electron chi connectivity index (χ0n) is 11.7. The molecule has 0 saturated carbocycles. The molecule has 0 saturated heterocycles. The summed E-state index contributed by atoms with van der Waals surface area (Å²) < 4.78 is 0. The van der Waals surface area contributed by atoms with Crippen LogP contribution in [0.15, 0.2) is 60.7 Å². The van der Waals surface area contributed by atoms with Crippen LogP contribution in [0.4, 0.5) is 0 Å². The number of pyridine rings is 1. The zero-order valence-corrected chi connectivity index (χ0v) is 12.5. The number of allylic oxidation sites excluding steroid dienone is 1. The number of phenolic OH excluding ortho intramolecular Hbond substituents is 1. The van der Waals surface area contributed by atoms with E-state index in [1.807, 2.05) is 61.5 Å². The smallest absolute Gasteiger partial charge is 0.122 e. The lowest BCUT2D eigenvalue weighted by molar-refractivity contribution is 0.474. The molecule has 3 rings (SSSR count). The molecule has 3 aromatic rings. The maximum atomic E-state index is 9.81. The minimum Gasteiger partial charge on any atom is -0.507 e. The first-order chi connectivity index (χ1) is 9.74. The van der Waals surface area contributed by atoms with Crippen LogP contribution in [0.2, 0.25) is 0 Å². The number of aromatic nitrogens is 1. The highest BCUT2D eigenvalue weighted by Gasteiger charge is 2.02. The predicted molar refractivity (Wildman–Crippen MR) is 90.6 cm³/mol. The SMILES string of the molecule is CC(=Cc1ccccc1O)c1ccc2ccccc2n1.Cl. The van der Waals surface area contributed by atoms with E-state index in [9.17, 15) is 5.11 Å². The number of para-hydroxylation sites is 2. The van der Waals surface area contributed by atoms with E-state index in [-0.39, 0.29) is 18.2 Å². The largest absolute Gasteiger partial charge is 0.507 e. The molecular formula is C18H16ClNO. The molecule has 0 amide bonds. The van der Waals surface area contributed by atoms with Gasteiger partial charge in [-0.05, 0) is 36.8 Å². The quantitative estimate of drug-likeness (QED) is 0.728. The number of aromatic hydroxyl groups is 1. The van der Waals surface area contributed by atoms with Crippen molar-refractivity contribution < 1.29 is 5.11 Å². The first kappa shape index (κ1) is 15.1. The molecule has 0 bridgehead atoms. The molecule has 0 atom stereocenters. The first-order valence-electron chi connectivity index (χ1n) is 6.56. The minimum absolute atomic E-state index is 0. The van der Waals surface area contributed by atoms with Gasteiger partial charge in [-0.15, -0.1) is 12.4 Å². The lowest BCUT2D eigenvalue weighted by atomic mass is 10.1. The summed E-state index contributed by atoms with van der Waals surface area (Å²) in [5.74, 6) is 0.285. The maximum absolute atomic E-state index is 9.81. The lowest BCUT2D eigenvalue weighted by Crippen LogP contribution is -1.87. The Kier molecular flexibility index (Phi) is 4.61. The third kappa shape index (κ3) is 3.23. The summed E-state index contributed by atoms with van der Waals surface area (Å²) in [4.78, 5) is 4.65. The molecule has 1 aromatic heterocycles. The van der Waals surface area contributed by atoms with Gasteiger partial charge < -0.3 is 5.11 Å². The van der Waals surface area contributed by atoms with Crippen molar-refractivity contribution in [1.29, 1.82) is 0 Å². The summed E-state index contributed by atoms with van der Waals surface area (Å²) in [5.41, 5.74) is 3.74. The van der Waals surface area contributed by atoms with Gasteiger partial charge in [0.2, 0.25) is 0 Å². The van der Waals surface area contributed by atoms with E-state index >= 15 is 0 Å². The summed E-state index contributed by atoms with van der Waals surface area (Å²) in [7, 11) is 0. The first-order valence-corrected chi connectivity index (χ1v) is 6.56. The Hall–Kier alpha value is -2.32. The van der Waals surface area contributed by atoms with Crippen molar-refractivity contribution >= 4 is 35.0 Å². The summed E-state index contributed by atoms with van der Waals surface area (Å²) in [6.45, 7) is 2.00. The van der Waals surface area contributed by atoms with Crippen LogP contribution >= 0.6 is 12.4 Å². The van der Waals surface area contributed by atoms with Gasteiger partial charge in [-0.3, -0.25) is 0 Å². The second-order valence-electron chi connectivity index (χ2n) is 4.78. The van der Waals surface area contributed by atoms with Crippen LogP contribution in [0, 0.1) is 0 Å². The van der Waals surface area contributed by atoms with Crippen molar-refractivity contribution in [3.63, 3.8) is 0 Å². The highest BCUT2D eigenvalue weighted by molar-refractivity contribution is 5.85. The monoisotopic (exact) mass is 297 g/mol. The van der Waals surface area contributed by atoms with E-state index < -0.39 is 0 Å². The molecule has 0 spiro atoms. The van der Waals surface area contributed by atoms with E-state index in [1.54, 1.807) is 6.07 Å². The number of nitrogens with zero attached hydrogens (tertiary/aromatic N) is 1. The minimum atomic E-state index is 0. The van der Waals surface area contributed by atoms with Crippen LogP contribution < -0.4 is 0 Å². The normalized spacial score (nSPS) is 11.2. The van der Waals surface area contributed by atoms with Crippen LogP contribution in [0.25, 0.3) is 22.6 Å². The Morgan fingerprint density at radius 1 is 0.952 bits per heavy atom. The van der Waals surface area contributed by atoms with E-state index in [0.29, 0.717) is 0 Å². The molecule has 0 aliphatic heterocycles. The molecule has 2 aromatic carbocycles. The van der Waals surface area contributed by atoms with Crippen LogP contribution in [0.5, 0.6) is 5.75 Å². The van der Waals surface area contributed by atoms with Gasteiger partial charge in [-0.1, -0.05) is 42.5 Å². The van der Waals surface area contributed by atoms with Gasteiger partial charge in [0.15, 0.2) is 0 Å². The molecule has 106 valence electrons. The molecule has 0 fully saturated rings. The van der Waals surface area contributed by atoms with Crippen molar-refractivity contribution in [2.75, 3.05) is 0 Å². The molecule has 1 heterocycles. The van der Waals surface area contributed by atoms with E-state index in [4.69, 9.17) is 0 Å². The summed E-state index contributed by atoms with van der Waals surface area (Å²) in [6, 6.07) is 19.4. The van der Waals surface area contributed by atoms with E-state index in [1.165, 1.54) is 0 Å². The van der Waals surface area contributed by atoms with Gasteiger partial charge in [-0.2, -0.15) is 0 Å². The van der Waals surface area contributed by atoms with Gasteiger partial charge in [0.05, 0.1) is 11.2 Å². The van der Waals surface area contributed by atoms with Gasteiger partial charge in [0.25, 0.3) is 0 Å². The van der Waals surface area contributed by atoms with Crippen molar-refractivity contribution in [2.45, 2.75) is 6.92 Å². The summed E-state index contributed by atoms with van der Waals surface area (Å²) in [5, 5.41) is 10.9. The summed E-state index contributed by atoms with van der Waals surface area (Å²) in [6.07, 6.45) is 1.95. The lowest BCUT2D eigenvalue weighted by Gasteiger charge is -2.04. The molecule has 0 radical (unpaired) electrons. The fourth-order valence-corrected chi connectivity index (χ4v) is 2.20. The van der Waals surface area contributed by atoms with Gasteiger partial charge in [-0.25, -0.2) is 4.98 Å². The summed E-state index contributed by atoms with van der Waals surface area (Å²) >= 11 is 0. The van der Waals surface area contributed by atoms with Crippen molar-refractivity contribution in [2.24, 2.45) is 0 Å². The third-order valence-corrected chi connectivity index (χ3v) is 3.31. The van der Waals surface area contributed by atoms with E-state index in [2.05, 4.69) is 11.1 Å². The van der Waals surface area contributed by atoms with Gasteiger partial charge >= 0.3 is 0 Å². The molecule has 0 unspecified atom stereocenters. The Morgan fingerprint density at radius 2 is 1.67 bits per heavy atom. The molecule has 2 nitrogen and oxygen atoms in total. The molecule has 0 aliphatic carbocycles. The highest BCUT2D eigenvalue weighted by atomic mass is 35.5. The van der Waals surface area contributed by atoms with Crippen LogP contribution in [0.1, 0.15) is 18.2 Å². The average Bonchev–Trinajstić information content (AvgIpc) is 2.49. The standard InChI is InChI=1S/C18H15NO.ClH/c1-13(12-15-7-3-5-9-18(15)20)16-11-10-14-6-2-4-8-17(14)19-16;/h2-12,20H,1H3;1H. The number of phenols is 1. The number of fused-ring (bicyclic) bond motifs is 1. The number of benzene rings is 2. The highest BCUT2D eigenvalue weighted by Crippen LogP contribution is 2.23. The number of rotatable bonds is 2. The van der Waals surface area contributed by atoms with Crippen LogP contribution in [-0.2, 0) is 0 Å². The number of hydrogen-bond acceptors (Lipinski definition) is 2. The molecule has 3 heteroatoms. The number of halogens is 1. The number of hydrogen-bond donors (Lipinski definition) is 1. The van der Waals surface area contributed by atoms with E-state index in [0.717, 1.165) is 27.7 Å². The molecule has 21 heavy (non-hydrogen) atoms. The second-order valence-corrected chi connectivity index (χ2v) is 4.78. The molecule has 1 N–H and O–H groups in total. The molecular weight excluding hydrogens is 282 g/mol. The van der Waals surface area contributed by atoms with Crippen LogP contribution in [-0.4, -0.2) is 10.1 Å². The van der Waals surface area contributed by atoms with Crippen molar-refractivity contribution in [3.8, 4) is 5.75 Å². The van der Waals surface area contributed by atoms with Gasteiger partial charge in [0, 0.05) is 10.9 Å². The second kappa shape index (κ2) is 6.42. The average molecular weight is 298 g/mol. The Labute approximate surface area is 130 Å². The predicted octanol–water partition coefficient (Wildman–Crippen LogP) is 4.92. The Bertz CT molecular complexity index is 796. The van der Waals surface area contributed by atoms with Crippen molar-refractivity contribution in [1.82, 2.24) is 4.98 Å². The molecule has 0 aliphatic rings. The van der Waals surface area contributed by atoms with Gasteiger partial charge in [0.1, 0.15) is 5.75 Å². The fraction of sp³-hybridized carbons (Fsp3) is 0.0556. The maximum Gasteiger partial charge on any atom is 0.122 e.